The largest absolute Gasteiger partial charge is 0.417 e. The average Bonchev–Trinajstić information content (AvgIpc) is 3.04. The molecule has 3 heterocycles. The first kappa shape index (κ1) is 22.4. The normalized spacial score (nSPS) is 12.4. The smallest absolute Gasteiger partial charge is 0.247 e. The standard InChI is InChI=1S/C14H4Cl2F6N4S3/c15-7-1-5(13(17,18)19)3-23-9(7)27-11-25-12(29-26-11)28-10-8(16)2-6(4-24-10)14(20,21)22/h1-4H. The molecule has 154 valence electrons. The van der Waals surface area contributed by atoms with Crippen LogP contribution in [0.15, 0.2) is 44.1 Å². The summed E-state index contributed by atoms with van der Waals surface area (Å²) in [5, 5.41) is -0.115. The second-order valence-electron chi connectivity index (χ2n) is 5.06. The fourth-order valence-electron chi connectivity index (χ4n) is 1.76. The predicted molar refractivity (Wildman–Crippen MR) is 96.7 cm³/mol. The van der Waals surface area contributed by atoms with Crippen molar-refractivity contribution in [2.24, 2.45) is 0 Å². The Balaban J connectivity index is 1.73. The second kappa shape index (κ2) is 8.46. The third-order valence-electron chi connectivity index (χ3n) is 3.03. The monoisotopic (exact) mass is 508 g/mol. The number of halogens is 8. The van der Waals surface area contributed by atoms with Gasteiger partial charge >= 0.3 is 12.4 Å². The Hall–Kier alpha value is -1.28. The Morgan fingerprint density at radius 3 is 1.72 bits per heavy atom. The Morgan fingerprint density at radius 1 is 0.793 bits per heavy atom. The van der Waals surface area contributed by atoms with Crippen molar-refractivity contribution < 1.29 is 26.3 Å². The topological polar surface area (TPSA) is 51.6 Å². The lowest BCUT2D eigenvalue weighted by Crippen LogP contribution is -2.05. The van der Waals surface area contributed by atoms with Gasteiger partial charge in [-0.3, -0.25) is 0 Å². The highest BCUT2D eigenvalue weighted by Gasteiger charge is 2.32. The zero-order chi connectivity index (χ0) is 21.4. The molecule has 0 unspecified atom stereocenters. The van der Waals surface area contributed by atoms with E-state index in [2.05, 4.69) is 19.3 Å². The Kier molecular flexibility index (Phi) is 6.53. The maximum Gasteiger partial charge on any atom is 0.417 e. The minimum Gasteiger partial charge on any atom is -0.247 e. The van der Waals surface area contributed by atoms with Crippen LogP contribution < -0.4 is 0 Å². The molecule has 15 heteroatoms. The van der Waals surface area contributed by atoms with Crippen LogP contribution in [0, 0.1) is 0 Å². The van der Waals surface area contributed by atoms with Gasteiger partial charge in [0.1, 0.15) is 10.1 Å². The molecule has 0 amide bonds. The van der Waals surface area contributed by atoms with Gasteiger partial charge in [-0.1, -0.05) is 23.2 Å². The van der Waals surface area contributed by atoms with Gasteiger partial charge in [-0.05, 0) is 47.2 Å². The van der Waals surface area contributed by atoms with Crippen LogP contribution >= 0.6 is 58.3 Å². The minimum atomic E-state index is -4.57. The van der Waals surface area contributed by atoms with E-state index in [1.165, 1.54) is 0 Å². The third kappa shape index (κ3) is 5.66. The third-order valence-corrected chi connectivity index (χ3v) is 6.60. The average molecular weight is 509 g/mol. The highest BCUT2D eigenvalue weighted by Crippen LogP contribution is 2.39. The van der Waals surface area contributed by atoms with Crippen LogP contribution in [-0.4, -0.2) is 19.3 Å². The van der Waals surface area contributed by atoms with Gasteiger partial charge in [0.05, 0.1) is 21.2 Å². The number of hydrogen-bond acceptors (Lipinski definition) is 7. The van der Waals surface area contributed by atoms with E-state index in [-0.39, 0.29) is 25.3 Å². The summed E-state index contributed by atoms with van der Waals surface area (Å²) in [6, 6.07) is 1.49. The van der Waals surface area contributed by atoms with Crippen LogP contribution in [0.1, 0.15) is 11.1 Å². The van der Waals surface area contributed by atoms with Crippen molar-refractivity contribution >= 4 is 58.3 Å². The van der Waals surface area contributed by atoms with Crippen LogP contribution in [0.3, 0.4) is 0 Å². The second-order valence-corrected chi connectivity index (χ2v) is 8.82. The number of rotatable bonds is 4. The molecule has 0 N–H and O–H groups in total. The molecule has 0 aliphatic carbocycles. The summed E-state index contributed by atoms with van der Waals surface area (Å²) in [7, 11) is 0. The van der Waals surface area contributed by atoms with Crippen LogP contribution in [0.4, 0.5) is 26.3 Å². The number of alkyl halides is 6. The molecule has 4 nitrogen and oxygen atoms in total. The van der Waals surface area contributed by atoms with E-state index in [0.717, 1.165) is 47.2 Å². The first-order valence-electron chi connectivity index (χ1n) is 7.08. The summed E-state index contributed by atoms with van der Waals surface area (Å²) in [5.41, 5.74) is -1.97. The SMILES string of the molecule is FC(F)(F)c1cnc(Sc2nsc(Sc3ncc(C(F)(F)F)cc3Cl)n2)c(Cl)c1. The number of hydrogen-bond donors (Lipinski definition) is 0. The van der Waals surface area contributed by atoms with E-state index in [1.54, 1.807) is 0 Å². The maximum absolute atomic E-state index is 12.7. The predicted octanol–water partition coefficient (Wildman–Crippen LogP) is 6.97. The zero-order valence-corrected chi connectivity index (χ0v) is 17.3. The zero-order valence-electron chi connectivity index (χ0n) is 13.3. The molecule has 0 fully saturated rings. The van der Waals surface area contributed by atoms with E-state index in [1.807, 2.05) is 0 Å². The lowest BCUT2D eigenvalue weighted by molar-refractivity contribution is -0.138. The fourth-order valence-corrected chi connectivity index (χ4v) is 4.65. The summed E-state index contributed by atoms with van der Waals surface area (Å²) in [4.78, 5) is 11.5. The quantitative estimate of drug-likeness (QED) is 0.354. The molecule has 0 bridgehead atoms. The maximum atomic E-state index is 12.7. The van der Waals surface area contributed by atoms with Crippen molar-refractivity contribution in [1.82, 2.24) is 19.3 Å². The van der Waals surface area contributed by atoms with Crippen LogP contribution in [0.25, 0.3) is 0 Å². The summed E-state index contributed by atoms with van der Waals surface area (Å²) in [6.45, 7) is 0. The molecular formula is C14H4Cl2F6N4S3. The summed E-state index contributed by atoms with van der Waals surface area (Å²) >= 11 is 14.3. The summed E-state index contributed by atoms with van der Waals surface area (Å²) < 4.78 is 80.2. The van der Waals surface area contributed by atoms with Crippen molar-refractivity contribution in [3.8, 4) is 0 Å². The van der Waals surface area contributed by atoms with Crippen molar-refractivity contribution in [1.29, 1.82) is 0 Å². The van der Waals surface area contributed by atoms with E-state index < -0.39 is 23.5 Å². The molecule has 3 rings (SSSR count). The van der Waals surface area contributed by atoms with Crippen molar-refractivity contribution in [3.05, 3.63) is 45.7 Å². The van der Waals surface area contributed by atoms with Gasteiger partial charge in [-0.2, -0.15) is 30.7 Å². The summed E-state index contributed by atoms with van der Waals surface area (Å²) in [6.07, 6.45) is -7.85. The Bertz CT molecular complexity index is 961. The van der Waals surface area contributed by atoms with Crippen LogP contribution in [0.2, 0.25) is 10.0 Å². The molecule has 0 spiro atoms. The van der Waals surface area contributed by atoms with Gasteiger partial charge in [0, 0.05) is 12.4 Å². The lowest BCUT2D eigenvalue weighted by Gasteiger charge is -2.08. The van der Waals surface area contributed by atoms with E-state index in [9.17, 15) is 26.3 Å². The first-order valence-corrected chi connectivity index (χ1v) is 10.2. The van der Waals surface area contributed by atoms with Crippen molar-refractivity contribution in [2.75, 3.05) is 0 Å². The Labute approximate surface area is 181 Å². The molecular weight excluding hydrogens is 505 g/mol. The van der Waals surface area contributed by atoms with E-state index in [0.29, 0.717) is 16.7 Å². The van der Waals surface area contributed by atoms with E-state index >= 15 is 0 Å². The molecule has 0 saturated heterocycles. The summed E-state index contributed by atoms with van der Waals surface area (Å²) in [5.74, 6) is 0. The van der Waals surface area contributed by atoms with Crippen LogP contribution in [-0.2, 0) is 12.4 Å². The van der Waals surface area contributed by atoms with Crippen LogP contribution in [0.5, 0.6) is 0 Å². The number of nitrogens with zero attached hydrogens (tertiary/aromatic N) is 4. The molecule has 0 atom stereocenters. The molecule has 29 heavy (non-hydrogen) atoms. The molecule has 0 radical (unpaired) electrons. The molecule has 0 aliphatic heterocycles. The van der Waals surface area contributed by atoms with Gasteiger partial charge in [0.25, 0.3) is 0 Å². The Morgan fingerprint density at radius 2 is 1.28 bits per heavy atom. The first-order chi connectivity index (χ1) is 13.4. The lowest BCUT2D eigenvalue weighted by atomic mass is 10.3. The highest BCUT2D eigenvalue weighted by atomic mass is 35.5. The van der Waals surface area contributed by atoms with Gasteiger partial charge < -0.3 is 0 Å². The molecule has 0 aromatic carbocycles. The van der Waals surface area contributed by atoms with Gasteiger partial charge in [0.15, 0.2) is 4.34 Å². The molecule has 3 aromatic rings. The highest BCUT2D eigenvalue weighted by molar-refractivity contribution is 8.01. The van der Waals surface area contributed by atoms with Gasteiger partial charge in [0.2, 0.25) is 5.16 Å². The van der Waals surface area contributed by atoms with E-state index in [4.69, 9.17) is 23.2 Å². The minimum absolute atomic E-state index is 0.0692. The number of pyridine rings is 2. The fraction of sp³-hybridized carbons (Fsp3) is 0.143. The van der Waals surface area contributed by atoms with Gasteiger partial charge in [-0.15, -0.1) is 0 Å². The molecule has 3 aromatic heterocycles. The number of aromatic nitrogens is 4. The molecule has 0 aliphatic rings. The van der Waals surface area contributed by atoms with Crippen molar-refractivity contribution in [3.63, 3.8) is 0 Å². The van der Waals surface area contributed by atoms with Crippen molar-refractivity contribution in [2.45, 2.75) is 31.9 Å². The van der Waals surface area contributed by atoms with Gasteiger partial charge in [-0.25, -0.2) is 15.0 Å². The molecule has 0 saturated carbocycles.